The normalized spacial score (nSPS) is 14.0. The summed E-state index contributed by atoms with van der Waals surface area (Å²) in [5.41, 5.74) is 5.70. The summed E-state index contributed by atoms with van der Waals surface area (Å²) in [7, 11) is 0. The molecule has 16 heteroatoms. The lowest BCUT2D eigenvalue weighted by Crippen LogP contribution is -2.39. The third kappa shape index (κ3) is 7.65. The molecule has 6 aromatic rings. The maximum atomic E-state index is 12.5. The predicted octanol–water partition coefficient (Wildman–Crippen LogP) is 7.70. The van der Waals surface area contributed by atoms with Crippen molar-refractivity contribution in [3.8, 4) is 21.1 Å². The van der Waals surface area contributed by atoms with Gasteiger partial charge < -0.3 is 25.6 Å². The molecule has 0 aliphatic carbocycles. The Balaban J connectivity index is 0.000000165. The number of aromatic nitrogens is 4. The van der Waals surface area contributed by atoms with Crippen LogP contribution in [0.4, 0.5) is 14.8 Å². The molecule has 0 spiro atoms. The van der Waals surface area contributed by atoms with Crippen LogP contribution in [0.25, 0.3) is 41.8 Å². The highest BCUT2D eigenvalue weighted by molar-refractivity contribution is 7.23. The van der Waals surface area contributed by atoms with Gasteiger partial charge in [0.1, 0.15) is 46.3 Å². The first-order valence-electron chi connectivity index (χ1n) is 16.4. The maximum Gasteiger partial charge on any atom is 0.410 e. The number of thiazole rings is 2. The highest BCUT2D eigenvalue weighted by Gasteiger charge is 2.31. The Morgan fingerprint density at radius 1 is 0.804 bits per heavy atom. The molecular formula is C35H36N8O4S4. The zero-order valence-electron chi connectivity index (χ0n) is 28.7. The minimum absolute atomic E-state index is 0.0490. The smallest absolute Gasteiger partial charge is 0.410 e. The molecule has 6 aromatic heterocycles. The third-order valence-corrected chi connectivity index (χ3v) is 12.2. The van der Waals surface area contributed by atoms with E-state index >= 15 is 0 Å². The van der Waals surface area contributed by atoms with Crippen LogP contribution in [0.2, 0.25) is 0 Å². The number of amides is 3. The molecule has 0 saturated heterocycles. The van der Waals surface area contributed by atoms with Gasteiger partial charge in [0.05, 0.1) is 6.54 Å². The van der Waals surface area contributed by atoms with Gasteiger partial charge in [0, 0.05) is 60.2 Å². The number of anilines is 2. The van der Waals surface area contributed by atoms with E-state index in [1.54, 1.807) is 46.9 Å². The number of ether oxygens (including phenoxy) is 1. The second kappa shape index (κ2) is 14.3. The molecule has 8 rings (SSSR count). The first-order valence-corrected chi connectivity index (χ1v) is 19.7. The standard InChI is InChI=1S/C20H22N4O3S2.C15H14N4OS2/c1-11(25)22-17-15(18-23-13-6-5-8-21-16(13)29-18)12-7-9-24(10-14(12)28-17)19(26)27-20(2,3)4;1-8(20)18-14-12(9-4-6-16-7-11(9)21-14)15-19-10-3-2-5-17-13(10)22-15/h5-6,8H,7,9-10H2,1-4H3,(H,22,25);2-3,5,16H,4,6-7H2,1H3,(H,18,20). The molecule has 0 bridgehead atoms. The van der Waals surface area contributed by atoms with Gasteiger partial charge >= 0.3 is 6.09 Å². The van der Waals surface area contributed by atoms with E-state index in [0.29, 0.717) is 19.5 Å². The molecule has 0 atom stereocenters. The van der Waals surface area contributed by atoms with Gasteiger partial charge in [-0.3, -0.25) is 9.59 Å². The Labute approximate surface area is 310 Å². The number of rotatable bonds is 4. The van der Waals surface area contributed by atoms with E-state index in [4.69, 9.17) is 14.7 Å². The van der Waals surface area contributed by atoms with Crippen molar-refractivity contribution < 1.29 is 19.1 Å². The first kappa shape index (κ1) is 35.1. The van der Waals surface area contributed by atoms with E-state index in [9.17, 15) is 14.4 Å². The van der Waals surface area contributed by atoms with Crippen molar-refractivity contribution in [1.82, 2.24) is 30.2 Å². The van der Waals surface area contributed by atoms with Gasteiger partial charge in [0.2, 0.25) is 11.8 Å². The van der Waals surface area contributed by atoms with E-state index in [-0.39, 0.29) is 17.9 Å². The summed E-state index contributed by atoms with van der Waals surface area (Å²) < 4.78 is 5.52. The van der Waals surface area contributed by atoms with Gasteiger partial charge in [-0.25, -0.2) is 24.7 Å². The summed E-state index contributed by atoms with van der Waals surface area (Å²) in [5.74, 6) is -0.180. The van der Waals surface area contributed by atoms with Crippen molar-refractivity contribution in [1.29, 1.82) is 0 Å². The minimum atomic E-state index is -0.534. The number of nitrogens with one attached hydrogen (secondary N) is 3. The fourth-order valence-corrected chi connectivity index (χ4v) is 10.6. The molecule has 8 heterocycles. The molecule has 0 radical (unpaired) electrons. The van der Waals surface area contributed by atoms with Crippen LogP contribution in [-0.4, -0.2) is 61.4 Å². The maximum absolute atomic E-state index is 12.5. The SMILES string of the molecule is CC(=O)Nc1sc2c(c1-c1nc3cccnc3s1)CCN(C(=O)OC(C)(C)C)C2.CC(=O)Nc1sc2c(c1-c1nc3cccnc3s1)CCNC2. The lowest BCUT2D eigenvalue weighted by atomic mass is 10.0. The molecule has 3 N–H and O–H groups in total. The second-order valence-electron chi connectivity index (χ2n) is 13.1. The number of carbonyl (C=O) groups excluding carboxylic acids is 3. The van der Waals surface area contributed by atoms with Crippen molar-refractivity contribution in [2.45, 2.75) is 66.2 Å². The highest BCUT2D eigenvalue weighted by Crippen LogP contribution is 2.46. The zero-order chi connectivity index (χ0) is 35.9. The zero-order valence-corrected chi connectivity index (χ0v) is 32.0. The predicted molar refractivity (Wildman–Crippen MR) is 206 cm³/mol. The van der Waals surface area contributed by atoms with Crippen LogP contribution in [0.1, 0.15) is 55.5 Å². The molecule has 264 valence electrons. The Bertz CT molecular complexity index is 2220. The van der Waals surface area contributed by atoms with Crippen molar-refractivity contribution in [2.24, 2.45) is 0 Å². The molecule has 0 fully saturated rings. The minimum Gasteiger partial charge on any atom is -0.444 e. The summed E-state index contributed by atoms with van der Waals surface area (Å²) in [6.07, 6.45) is 4.86. The van der Waals surface area contributed by atoms with Crippen LogP contribution in [0.5, 0.6) is 0 Å². The molecule has 2 aliphatic rings. The Morgan fingerprint density at radius 3 is 1.88 bits per heavy atom. The fourth-order valence-electron chi connectivity index (χ4n) is 5.92. The summed E-state index contributed by atoms with van der Waals surface area (Å²) in [6, 6.07) is 7.67. The van der Waals surface area contributed by atoms with E-state index in [2.05, 4.69) is 25.9 Å². The second-order valence-corrected chi connectivity index (χ2v) is 17.2. The van der Waals surface area contributed by atoms with Crippen LogP contribution >= 0.6 is 45.3 Å². The van der Waals surface area contributed by atoms with Gasteiger partial charge in [-0.15, -0.1) is 22.7 Å². The van der Waals surface area contributed by atoms with E-state index in [1.807, 2.05) is 45.0 Å². The van der Waals surface area contributed by atoms with E-state index in [0.717, 1.165) is 81.8 Å². The largest absolute Gasteiger partial charge is 0.444 e. The molecule has 12 nitrogen and oxygen atoms in total. The lowest BCUT2D eigenvalue weighted by molar-refractivity contribution is -0.115. The molecule has 2 aliphatic heterocycles. The highest BCUT2D eigenvalue weighted by atomic mass is 32.1. The summed E-state index contributed by atoms with van der Waals surface area (Å²) in [4.78, 5) is 59.9. The van der Waals surface area contributed by atoms with Gasteiger partial charge in [-0.2, -0.15) is 0 Å². The number of fused-ring (bicyclic) bond motifs is 4. The number of nitrogens with zero attached hydrogens (tertiary/aromatic N) is 5. The summed E-state index contributed by atoms with van der Waals surface area (Å²) in [6.45, 7) is 11.5. The molecule has 0 unspecified atom stereocenters. The molecule has 0 saturated carbocycles. The number of hydrogen-bond donors (Lipinski definition) is 3. The van der Waals surface area contributed by atoms with Gasteiger partial charge in [-0.05, 0) is 75.5 Å². The van der Waals surface area contributed by atoms with Crippen molar-refractivity contribution >= 4 is 94.0 Å². The van der Waals surface area contributed by atoms with Crippen LogP contribution in [0.15, 0.2) is 36.7 Å². The fraction of sp³-hybridized carbons (Fsp3) is 0.343. The quantitative estimate of drug-likeness (QED) is 0.164. The van der Waals surface area contributed by atoms with Crippen molar-refractivity contribution in [3.05, 3.63) is 57.5 Å². The molecular weight excluding hydrogens is 725 g/mol. The van der Waals surface area contributed by atoms with Crippen LogP contribution in [-0.2, 0) is 40.3 Å². The van der Waals surface area contributed by atoms with Gasteiger partial charge in [0.25, 0.3) is 0 Å². The molecule has 3 amide bonds. The van der Waals surface area contributed by atoms with E-state index < -0.39 is 5.60 Å². The van der Waals surface area contributed by atoms with Crippen LogP contribution < -0.4 is 16.0 Å². The Hall–Kier alpha value is -4.35. The number of pyridine rings is 2. The van der Waals surface area contributed by atoms with E-state index in [1.165, 1.54) is 40.0 Å². The lowest BCUT2D eigenvalue weighted by Gasteiger charge is -2.30. The van der Waals surface area contributed by atoms with Crippen LogP contribution in [0, 0.1) is 0 Å². The number of hydrogen-bond acceptors (Lipinski definition) is 13. The van der Waals surface area contributed by atoms with Gasteiger partial charge in [0.15, 0.2) is 0 Å². The Kier molecular flexibility index (Phi) is 9.86. The average Bonchev–Trinajstić information content (AvgIpc) is 3.84. The summed E-state index contributed by atoms with van der Waals surface area (Å²) in [5, 5.41) is 12.8. The monoisotopic (exact) mass is 760 g/mol. The van der Waals surface area contributed by atoms with Crippen LogP contribution in [0.3, 0.4) is 0 Å². The Morgan fingerprint density at radius 2 is 1.35 bits per heavy atom. The average molecular weight is 761 g/mol. The number of thiophene rings is 2. The topological polar surface area (TPSA) is 151 Å². The first-order chi connectivity index (χ1) is 24.4. The number of carbonyl (C=O) groups is 3. The molecule has 51 heavy (non-hydrogen) atoms. The third-order valence-electron chi connectivity index (χ3n) is 7.98. The van der Waals surface area contributed by atoms with Gasteiger partial charge in [-0.1, -0.05) is 22.7 Å². The molecule has 0 aromatic carbocycles. The summed E-state index contributed by atoms with van der Waals surface area (Å²) >= 11 is 6.24. The van der Waals surface area contributed by atoms with Crippen molar-refractivity contribution in [2.75, 3.05) is 23.7 Å². The van der Waals surface area contributed by atoms with Crippen molar-refractivity contribution in [3.63, 3.8) is 0 Å².